The number of carbonyl (C=O) groups excluding carboxylic acids is 2. The number of ether oxygens (including phenoxy) is 1. The number of esters is 1. The van der Waals surface area contributed by atoms with Gasteiger partial charge in [-0.15, -0.1) is 0 Å². The van der Waals surface area contributed by atoms with Gasteiger partial charge in [-0.05, 0) is 55.0 Å². The second kappa shape index (κ2) is 7.99. The summed E-state index contributed by atoms with van der Waals surface area (Å²) in [6, 6.07) is 12.9. The zero-order valence-electron chi connectivity index (χ0n) is 14.7. The Morgan fingerprint density at radius 2 is 1.54 bits per heavy atom. The van der Waals surface area contributed by atoms with Crippen molar-refractivity contribution in [1.82, 2.24) is 4.90 Å². The Balaban J connectivity index is 1.65. The lowest BCUT2D eigenvalue weighted by Crippen LogP contribution is -2.35. The summed E-state index contributed by atoms with van der Waals surface area (Å²) in [5.41, 5.74) is 1.93. The highest BCUT2D eigenvalue weighted by Crippen LogP contribution is 2.18. The van der Waals surface area contributed by atoms with Crippen LogP contribution in [0.4, 0.5) is 10.1 Å². The van der Waals surface area contributed by atoms with Crippen molar-refractivity contribution in [2.75, 3.05) is 38.2 Å². The number of hydrogen-bond acceptors (Lipinski definition) is 4. The highest BCUT2D eigenvalue weighted by Gasteiger charge is 2.21. The van der Waals surface area contributed by atoms with Crippen molar-refractivity contribution < 1.29 is 18.7 Å². The summed E-state index contributed by atoms with van der Waals surface area (Å²) in [6.45, 7) is 2.76. The maximum absolute atomic E-state index is 13.1. The second-order valence-corrected chi connectivity index (χ2v) is 6.18. The van der Waals surface area contributed by atoms with E-state index in [0.717, 1.165) is 18.7 Å². The van der Waals surface area contributed by atoms with Crippen molar-refractivity contribution in [3.63, 3.8) is 0 Å². The van der Waals surface area contributed by atoms with Gasteiger partial charge in [0.25, 0.3) is 5.91 Å². The number of carbonyl (C=O) groups is 2. The van der Waals surface area contributed by atoms with Gasteiger partial charge in [0.1, 0.15) is 5.82 Å². The van der Waals surface area contributed by atoms with Crippen LogP contribution < -0.4 is 4.90 Å². The summed E-state index contributed by atoms with van der Waals surface area (Å²) in [5.74, 6) is -0.730. The normalized spacial score (nSPS) is 14.7. The maximum Gasteiger partial charge on any atom is 0.337 e. The van der Waals surface area contributed by atoms with E-state index in [-0.39, 0.29) is 11.7 Å². The summed E-state index contributed by atoms with van der Waals surface area (Å²) >= 11 is 0. The molecule has 1 aliphatic rings. The highest BCUT2D eigenvalue weighted by atomic mass is 19.1. The van der Waals surface area contributed by atoms with Crippen LogP contribution in [0.2, 0.25) is 0 Å². The largest absolute Gasteiger partial charge is 0.465 e. The Bertz CT molecular complexity index is 775. The van der Waals surface area contributed by atoms with Crippen LogP contribution in [0.25, 0.3) is 0 Å². The second-order valence-electron chi connectivity index (χ2n) is 6.18. The standard InChI is InChI=1S/C20H21FN2O3/c1-26-20(25)16-5-3-15(4-6-16)19(24)23-12-2-11-22(13-14-23)18-9-7-17(21)8-10-18/h3-10H,2,11-14H2,1H3. The minimum absolute atomic E-state index is 0.0534. The molecule has 5 nitrogen and oxygen atoms in total. The summed E-state index contributed by atoms with van der Waals surface area (Å²) in [7, 11) is 1.32. The third-order valence-corrected chi connectivity index (χ3v) is 4.53. The molecule has 0 radical (unpaired) electrons. The van der Waals surface area contributed by atoms with Crippen LogP contribution in [-0.2, 0) is 4.74 Å². The molecule has 26 heavy (non-hydrogen) atoms. The summed E-state index contributed by atoms with van der Waals surface area (Å²) in [4.78, 5) is 28.2. The fourth-order valence-electron chi connectivity index (χ4n) is 3.08. The van der Waals surface area contributed by atoms with Crippen LogP contribution in [0, 0.1) is 5.82 Å². The third-order valence-electron chi connectivity index (χ3n) is 4.53. The number of halogens is 1. The number of benzene rings is 2. The molecule has 1 saturated heterocycles. The van der Waals surface area contributed by atoms with E-state index in [1.165, 1.54) is 19.2 Å². The average molecular weight is 356 g/mol. The Hall–Kier alpha value is -2.89. The molecule has 1 aliphatic heterocycles. The van der Waals surface area contributed by atoms with Crippen molar-refractivity contribution >= 4 is 17.6 Å². The molecule has 2 aromatic carbocycles. The average Bonchev–Trinajstić information content (AvgIpc) is 2.94. The molecule has 1 fully saturated rings. The molecule has 1 heterocycles. The van der Waals surface area contributed by atoms with Gasteiger partial charge >= 0.3 is 5.97 Å². The van der Waals surface area contributed by atoms with Gasteiger partial charge in [-0.25, -0.2) is 9.18 Å². The number of rotatable bonds is 3. The predicted molar refractivity (Wildman–Crippen MR) is 96.9 cm³/mol. The van der Waals surface area contributed by atoms with Gasteiger partial charge in [0.15, 0.2) is 0 Å². The van der Waals surface area contributed by atoms with E-state index in [4.69, 9.17) is 0 Å². The van der Waals surface area contributed by atoms with Gasteiger partial charge < -0.3 is 14.5 Å². The Kier molecular flexibility index (Phi) is 5.51. The quantitative estimate of drug-likeness (QED) is 0.794. The van der Waals surface area contributed by atoms with E-state index in [9.17, 15) is 14.0 Å². The molecule has 0 spiro atoms. The van der Waals surface area contributed by atoms with Gasteiger partial charge in [-0.2, -0.15) is 0 Å². The number of methoxy groups -OCH3 is 1. The van der Waals surface area contributed by atoms with Crippen LogP contribution in [0.1, 0.15) is 27.1 Å². The molecule has 6 heteroatoms. The topological polar surface area (TPSA) is 49.9 Å². The highest BCUT2D eigenvalue weighted by molar-refractivity contribution is 5.96. The van der Waals surface area contributed by atoms with Crippen LogP contribution in [0.3, 0.4) is 0 Å². The molecule has 0 atom stereocenters. The summed E-state index contributed by atoms with van der Waals surface area (Å²) in [5, 5.41) is 0. The number of amides is 1. The first kappa shape index (κ1) is 17.9. The Labute approximate surface area is 152 Å². The molecule has 0 unspecified atom stereocenters. The smallest absolute Gasteiger partial charge is 0.337 e. The molecule has 1 amide bonds. The van der Waals surface area contributed by atoms with Crippen LogP contribution in [0.5, 0.6) is 0 Å². The third kappa shape index (κ3) is 4.02. The fourth-order valence-corrected chi connectivity index (χ4v) is 3.08. The lowest BCUT2D eigenvalue weighted by Gasteiger charge is -2.23. The first-order chi connectivity index (χ1) is 12.6. The Morgan fingerprint density at radius 1 is 0.885 bits per heavy atom. The van der Waals surface area contributed by atoms with Gasteiger partial charge in [0.2, 0.25) is 0 Å². The van der Waals surface area contributed by atoms with E-state index < -0.39 is 5.97 Å². The van der Waals surface area contributed by atoms with Crippen molar-refractivity contribution in [2.45, 2.75) is 6.42 Å². The Morgan fingerprint density at radius 3 is 2.19 bits per heavy atom. The molecular formula is C20H21FN2O3. The molecule has 0 bridgehead atoms. The molecule has 0 N–H and O–H groups in total. The molecule has 136 valence electrons. The lowest BCUT2D eigenvalue weighted by molar-refractivity contribution is 0.0599. The van der Waals surface area contributed by atoms with Crippen LogP contribution in [-0.4, -0.2) is 50.1 Å². The zero-order chi connectivity index (χ0) is 18.5. The van der Waals surface area contributed by atoms with Crippen molar-refractivity contribution in [2.24, 2.45) is 0 Å². The maximum atomic E-state index is 13.1. The molecule has 0 saturated carbocycles. The van der Waals surface area contributed by atoms with Crippen molar-refractivity contribution in [3.8, 4) is 0 Å². The van der Waals surface area contributed by atoms with E-state index >= 15 is 0 Å². The molecular weight excluding hydrogens is 335 g/mol. The summed E-state index contributed by atoms with van der Waals surface area (Å²) in [6.07, 6.45) is 0.837. The fraction of sp³-hybridized carbons (Fsp3) is 0.300. The number of anilines is 1. The van der Waals surface area contributed by atoms with Gasteiger partial charge in [0, 0.05) is 37.4 Å². The van der Waals surface area contributed by atoms with Crippen LogP contribution >= 0.6 is 0 Å². The zero-order valence-corrected chi connectivity index (χ0v) is 14.7. The van der Waals surface area contributed by atoms with Gasteiger partial charge in [-0.1, -0.05) is 0 Å². The van der Waals surface area contributed by atoms with E-state index in [2.05, 4.69) is 9.64 Å². The SMILES string of the molecule is COC(=O)c1ccc(C(=O)N2CCCN(c3ccc(F)cc3)CC2)cc1. The molecule has 0 aliphatic carbocycles. The predicted octanol–water partition coefficient (Wildman–Crippen LogP) is 2.96. The monoisotopic (exact) mass is 356 g/mol. The van der Waals surface area contributed by atoms with Gasteiger partial charge in [0.05, 0.1) is 12.7 Å². The van der Waals surface area contributed by atoms with E-state index in [1.807, 2.05) is 4.90 Å². The number of hydrogen-bond donors (Lipinski definition) is 0. The van der Waals surface area contributed by atoms with E-state index in [1.54, 1.807) is 36.4 Å². The lowest BCUT2D eigenvalue weighted by atomic mass is 10.1. The van der Waals surface area contributed by atoms with Crippen molar-refractivity contribution in [1.29, 1.82) is 0 Å². The molecule has 3 rings (SSSR count). The first-order valence-electron chi connectivity index (χ1n) is 8.56. The van der Waals surface area contributed by atoms with Gasteiger partial charge in [-0.3, -0.25) is 4.79 Å². The minimum atomic E-state index is -0.422. The number of nitrogens with zero attached hydrogens (tertiary/aromatic N) is 2. The first-order valence-corrected chi connectivity index (χ1v) is 8.56. The van der Waals surface area contributed by atoms with Crippen LogP contribution in [0.15, 0.2) is 48.5 Å². The molecule has 2 aromatic rings. The summed E-state index contributed by atoms with van der Waals surface area (Å²) < 4.78 is 17.8. The van der Waals surface area contributed by atoms with Crippen molar-refractivity contribution in [3.05, 3.63) is 65.5 Å². The minimum Gasteiger partial charge on any atom is -0.465 e. The van der Waals surface area contributed by atoms with E-state index in [0.29, 0.717) is 30.8 Å². The molecule has 0 aromatic heterocycles.